The maximum atomic E-state index is 12.2. The normalized spacial score (nSPS) is 15.0. The molecule has 0 saturated carbocycles. The zero-order chi connectivity index (χ0) is 17.0. The molecule has 3 unspecified atom stereocenters. The summed E-state index contributed by atoms with van der Waals surface area (Å²) in [5.74, 6) is -2.51. The lowest BCUT2D eigenvalue weighted by Crippen LogP contribution is -2.45. The lowest BCUT2D eigenvalue weighted by Gasteiger charge is -2.28. The second-order valence-corrected chi connectivity index (χ2v) is 5.03. The first-order chi connectivity index (χ1) is 10.5. The van der Waals surface area contributed by atoms with Crippen molar-refractivity contribution in [1.82, 2.24) is 0 Å². The van der Waals surface area contributed by atoms with E-state index in [-0.39, 0.29) is 13.2 Å². The van der Waals surface area contributed by atoms with Gasteiger partial charge < -0.3 is 19.3 Å². The minimum absolute atomic E-state index is 0.139. The van der Waals surface area contributed by atoms with E-state index in [1.807, 2.05) is 13.8 Å². The SMILES string of the molecule is CCCCOC(CCC)C(C(=O)OCC)C(O)C(=O)OCC. The van der Waals surface area contributed by atoms with Crippen molar-refractivity contribution in [2.45, 2.75) is 65.6 Å². The van der Waals surface area contributed by atoms with Gasteiger partial charge in [-0.05, 0) is 26.7 Å². The topological polar surface area (TPSA) is 82.1 Å². The Bertz CT molecular complexity index is 318. The highest BCUT2D eigenvalue weighted by atomic mass is 16.6. The van der Waals surface area contributed by atoms with Crippen LogP contribution in [0.25, 0.3) is 0 Å². The summed E-state index contributed by atoms with van der Waals surface area (Å²) >= 11 is 0. The van der Waals surface area contributed by atoms with Crippen molar-refractivity contribution in [3.63, 3.8) is 0 Å². The summed E-state index contributed by atoms with van der Waals surface area (Å²) in [6, 6.07) is 0. The van der Waals surface area contributed by atoms with E-state index in [0.717, 1.165) is 19.3 Å². The maximum absolute atomic E-state index is 12.2. The third-order valence-corrected chi connectivity index (χ3v) is 3.23. The third kappa shape index (κ3) is 7.22. The number of hydrogen-bond donors (Lipinski definition) is 1. The Balaban J connectivity index is 5.11. The molecule has 1 N–H and O–H groups in total. The summed E-state index contributed by atoms with van der Waals surface area (Å²) in [4.78, 5) is 24.0. The van der Waals surface area contributed by atoms with Crippen molar-refractivity contribution in [2.75, 3.05) is 19.8 Å². The zero-order valence-electron chi connectivity index (χ0n) is 14.2. The van der Waals surface area contributed by atoms with Gasteiger partial charge in [-0.2, -0.15) is 0 Å². The van der Waals surface area contributed by atoms with Gasteiger partial charge in [0.25, 0.3) is 0 Å². The highest BCUT2D eigenvalue weighted by Gasteiger charge is 2.40. The summed E-state index contributed by atoms with van der Waals surface area (Å²) in [6.45, 7) is 8.11. The molecule has 130 valence electrons. The molecule has 0 saturated heterocycles. The van der Waals surface area contributed by atoms with Crippen LogP contribution in [0.1, 0.15) is 53.4 Å². The predicted octanol–water partition coefficient (Wildman–Crippen LogP) is 2.08. The van der Waals surface area contributed by atoms with Gasteiger partial charge in [0.05, 0.1) is 19.3 Å². The van der Waals surface area contributed by atoms with E-state index < -0.39 is 30.1 Å². The average Bonchev–Trinajstić information content (AvgIpc) is 2.48. The molecule has 0 amide bonds. The number of aliphatic hydroxyl groups is 1. The number of rotatable bonds is 12. The van der Waals surface area contributed by atoms with Gasteiger partial charge in [0.1, 0.15) is 5.92 Å². The highest BCUT2D eigenvalue weighted by Crippen LogP contribution is 2.21. The average molecular weight is 318 g/mol. The Morgan fingerprint density at radius 2 is 1.55 bits per heavy atom. The van der Waals surface area contributed by atoms with E-state index >= 15 is 0 Å². The molecule has 22 heavy (non-hydrogen) atoms. The minimum Gasteiger partial charge on any atom is -0.466 e. The van der Waals surface area contributed by atoms with Crippen LogP contribution >= 0.6 is 0 Å². The molecule has 0 radical (unpaired) electrons. The molecule has 0 aromatic carbocycles. The van der Waals surface area contributed by atoms with Gasteiger partial charge in [-0.25, -0.2) is 4.79 Å². The Morgan fingerprint density at radius 3 is 2.05 bits per heavy atom. The monoisotopic (exact) mass is 318 g/mol. The van der Waals surface area contributed by atoms with Crippen molar-refractivity contribution in [1.29, 1.82) is 0 Å². The van der Waals surface area contributed by atoms with Gasteiger partial charge >= 0.3 is 11.9 Å². The van der Waals surface area contributed by atoms with Crippen LogP contribution in [-0.2, 0) is 23.8 Å². The van der Waals surface area contributed by atoms with Crippen LogP contribution in [0.2, 0.25) is 0 Å². The summed E-state index contributed by atoms with van der Waals surface area (Å²) in [6.07, 6.45) is 1.01. The van der Waals surface area contributed by atoms with Crippen LogP contribution in [0.5, 0.6) is 0 Å². The van der Waals surface area contributed by atoms with Crippen molar-refractivity contribution in [3.8, 4) is 0 Å². The lowest BCUT2D eigenvalue weighted by molar-refractivity contribution is -0.174. The number of unbranched alkanes of at least 4 members (excludes halogenated alkanes) is 1. The van der Waals surface area contributed by atoms with Gasteiger partial charge in [-0.1, -0.05) is 26.7 Å². The minimum atomic E-state index is -1.57. The van der Waals surface area contributed by atoms with Crippen molar-refractivity contribution >= 4 is 11.9 Å². The molecule has 0 aliphatic heterocycles. The fraction of sp³-hybridized carbons (Fsp3) is 0.875. The van der Waals surface area contributed by atoms with Crippen molar-refractivity contribution < 1.29 is 28.9 Å². The number of hydrogen-bond acceptors (Lipinski definition) is 6. The van der Waals surface area contributed by atoms with Crippen molar-refractivity contribution in [3.05, 3.63) is 0 Å². The van der Waals surface area contributed by atoms with Crippen LogP contribution in [0.3, 0.4) is 0 Å². The summed E-state index contributed by atoms with van der Waals surface area (Å²) in [7, 11) is 0. The first-order valence-corrected chi connectivity index (χ1v) is 8.16. The van der Waals surface area contributed by atoms with Crippen LogP contribution in [0.15, 0.2) is 0 Å². The Morgan fingerprint density at radius 1 is 0.955 bits per heavy atom. The van der Waals surface area contributed by atoms with Crippen LogP contribution < -0.4 is 0 Å². The number of aliphatic hydroxyl groups excluding tert-OH is 1. The van der Waals surface area contributed by atoms with E-state index in [0.29, 0.717) is 13.0 Å². The van der Waals surface area contributed by atoms with E-state index in [2.05, 4.69) is 0 Å². The highest BCUT2D eigenvalue weighted by molar-refractivity contribution is 5.84. The third-order valence-electron chi connectivity index (χ3n) is 3.23. The fourth-order valence-electron chi connectivity index (χ4n) is 2.13. The smallest absolute Gasteiger partial charge is 0.335 e. The Hall–Kier alpha value is -1.14. The number of ether oxygens (including phenoxy) is 3. The second kappa shape index (κ2) is 12.4. The summed E-state index contributed by atoms with van der Waals surface area (Å²) < 4.78 is 15.5. The lowest BCUT2D eigenvalue weighted by atomic mass is 9.92. The maximum Gasteiger partial charge on any atom is 0.335 e. The molecule has 6 heteroatoms. The van der Waals surface area contributed by atoms with E-state index in [9.17, 15) is 14.7 Å². The predicted molar refractivity (Wildman–Crippen MR) is 82.3 cm³/mol. The number of carbonyl (C=O) groups is 2. The van der Waals surface area contributed by atoms with Crippen LogP contribution in [-0.4, -0.2) is 49.1 Å². The fourth-order valence-corrected chi connectivity index (χ4v) is 2.13. The van der Waals surface area contributed by atoms with Crippen LogP contribution in [0.4, 0.5) is 0 Å². The molecule has 0 heterocycles. The number of carbonyl (C=O) groups excluding carboxylic acids is 2. The standard InChI is InChI=1S/C16H30O6/c1-5-9-11-22-12(10-6-2)13(15(18)20-7-3)14(17)16(19)21-8-4/h12-14,17H,5-11H2,1-4H3. The quantitative estimate of drug-likeness (QED) is 0.438. The summed E-state index contributed by atoms with van der Waals surface area (Å²) in [5.41, 5.74) is 0. The van der Waals surface area contributed by atoms with Gasteiger partial charge in [0.2, 0.25) is 0 Å². The molecule has 0 aliphatic rings. The first-order valence-electron chi connectivity index (χ1n) is 8.16. The van der Waals surface area contributed by atoms with Gasteiger partial charge in [0.15, 0.2) is 6.10 Å². The molecular formula is C16H30O6. The molecule has 6 nitrogen and oxygen atoms in total. The van der Waals surface area contributed by atoms with Gasteiger partial charge in [-0.15, -0.1) is 0 Å². The molecule has 0 bridgehead atoms. The molecule has 0 aromatic rings. The van der Waals surface area contributed by atoms with Gasteiger partial charge in [-0.3, -0.25) is 4.79 Å². The molecule has 0 rings (SSSR count). The Kier molecular flexibility index (Phi) is 11.8. The number of esters is 2. The molecule has 0 aliphatic carbocycles. The molecule has 0 spiro atoms. The van der Waals surface area contributed by atoms with E-state index in [4.69, 9.17) is 14.2 Å². The molecule has 3 atom stereocenters. The van der Waals surface area contributed by atoms with E-state index in [1.165, 1.54) is 0 Å². The van der Waals surface area contributed by atoms with Crippen LogP contribution in [0, 0.1) is 5.92 Å². The summed E-state index contributed by atoms with van der Waals surface area (Å²) in [5, 5.41) is 10.2. The molecular weight excluding hydrogens is 288 g/mol. The largest absolute Gasteiger partial charge is 0.466 e. The molecule has 0 aromatic heterocycles. The van der Waals surface area contributed by atoms with Crippen molar-refractivity contribution in [2.24, 2.45) is 5.92 Å². The Labute approximate surface area is 133 Å². The zero-order valence-corrected chi connectivity index (χ0v) is 14.2. The van der Waals surface area contributed by atoms with E-state index in [1.54, 1.807) is 13.8 Å². The molecule has 0 fully saturated rings. The second-order valence-electron chi connectivity index (χ2n) is 5.03. The van der Waals surface area contributed by atoms with Gasteiger partial charge in [0, 0.05) is 6.61 Å². The first kappa shape index (κ1) is 20.9.